The third-order valence-electron chi connectivity index (χ3n) is 5.02. The fourth-order valence-corrected chi connectivity index (χ4v) is 4.64. The van der Waals surface area contributed by atoms with E-state index in [1.807, 2.05) is 35.7 Å². The summed E-state index contributed by atoms with van der Waals surface area (Å²) in [6, 6.07) is 14.4. The molecule has 0 bridgehead atoms. The van der Waals surface area contributed by atoms with Gasteiger partial charge < -0.3 is 0 Å². The monoisotopic (exact) mass is 423 g/mol. The predicted molar refractivity (Wildman–Crippen MR) is 118 cm³/mol. The van der Waals surface area contributed by atoms with Crippen molar-refractivity contribution in [3.05, 3.63) is 65.4 Å². The lowest BCUT2D eigenvalue weighted by Crippen LogP contribution is -2.14. The van der Waals surface area contributed by atoms with E-state index in [0.29, 0.717) is 17.1 Å². The van der Waals surface area contributed by atoms with Gasteiger partial charge in [-0.15, -0.1) is 10.2 Å². The number of aromatic nitrogens is 4. The number of H-pyrrole nitrogens is 1. The lowest BCUT2D eigenvalue weighted by atomic mass is 9.93. The van der Waals surface area contributed by atoms with E-state index in [1.54, 1.807) is 31.2 Å². The van der Waals surface area contributed by atoms with Crippen LogP contribution in [0.2, 0.25) is 0 Å². The minimum Gasteiger partial charge on any atom is -0.294 e. The Morgan fingerprint density at radius 1 is 0.967 bits per heavy atom. The van der Waals surface area contributed by atoms with Crippen molar-refractivity contribution < 1.29 is 8.42 Å². The van der Waals surface area contributed by atoms with E-state index in [9.17, 15) is 8.42 Å². The Balaban J connectivity index is 1.62. The van der Waals surface area contributed by atoms with Crippen LogP contribution >= 0.6 is 0 Å². The van der Waals surface area contributed by atoms with Crippen molar-refractivity contribution in [2.45, 2.75) is 44.9 Å². The van der Waals surface area contributed by atoms with Gasteiger partial charge in [-0.25, -0.2) is 12.9 Å². The fraction of sp³-hybridized carbons (Fsp3) is 0.273. The van der Waals surface area contributed by atoms with Gasteiger partial charge in [-0.1, -0.05) is 38.5 Å². The molecule has 0 fully saturated rings. The molecule has 0 unspecified atom stereocenters. The first-order valence-electron chi connectivity index (χ1n) is 9.70. The number of rotatable bonds is 4. The SMILES string of the molecule is Cc1ccc(S(=O)(=O)Nc2ccc(-c3nnc4cc(C(C)(C)C)[nH]n34)cc2)c(C)c1. The molecule has 156 valence electrons. The molecule has 2 aromatic carbocycles. The van der Waals surface area contributed by atoms with Crippen LogP contribution in [0.3, 0.4) is 0 Å². The highest BCUT2D eigenvalue weighted by atomic mass is 32.2. The number of fused-ring (bicyclic) bond motifs is 1. The van der Waals surface area contributed by atoms with Crippen LogP contribution in [0.4, 0.5) is 5.69 Å². The van der Waals surface area contributed by atoms with Gasteiger partial charge >= 0.3 is 0 Å². The van der Waals surface area contributed by atoms with Crippen molar-refractivity contribution in [3.8, 4) is 11.4 Å². The molecule has 0 aliphatic carbocycles. The van der Waals surface area contributed by atoms with Gasteiger partial charge in [0.2, 0.25) is 0 Å². The molecule has 7 nitrogen and oxygen atoms in total. The average Bonchev–Trinajstić information content (AvgIpc) is 3.22. The maximum atomic E-state index is 12.8. The Labute approximate surface area is 176 Å². The highest BCUT2D eigenvalue weighted by Gasteiger charge is 2.20. The van der Waals surface area contributed by atoms with Gasteiger partial charge in [0.25, 0.3) is 10.0 Å². The highest BCUT2D eigenvalue weighted by molar-refractivity contribution is 7.92. The van der Waals surface area contributed by atoms with E-state index in [-0.39, 0.29) is 10.3 Å². The number of aryl methyl sites for hydroxylation is 2. The molecule has 0 amide bonds. The zero-order valence-electron chi connectivity index (χ0n) is 17.7. The second-order valence-electron chi connectivity index (χ2n) is 8.59. The molecule has 0 spiro atoms. The Hall–Kier alpha value is -3.13. The summed E-state index contributed by atoms with van der Waals surface area (Å²) in [4.78, 5) is 0.275. The van der Waals surface area contributed by atoms with Crippen molar-refractivity contribution in [1.82, 2.24) is 19.8 Å². The molecule has 0 saturated carbocycles. The number of nitrogens with one attached hydrogen (secondary N) is 2. The summed E-state index contributed by atoms with van der Waals surface area (Å²) in [7, 11) is -3.66. The molecule has 2 heterocycles. The number of sulfonamides is 1. The molecule has 0 radical (unpaired) electrons. The van der Waals surface area contributed by atoms with Crippen LogP contribution < -0.4 is 4.72 Å². The third kappa shape index (κ3) is 3.70. The minimum absolute atomic E-state index is 0.0335. The van der Waals surface area contributed by atoms with Crippen LogP contribution in [0.15, 0.2) is 53.4 Å². The van der Waals surface area contributed by atoms with E-state index in [4.69, 9.17) is 0 Å². The molecule has 8 heteroatoms. The van der Waals surface area contributed by atoms with Crippen molar-refractivity contribution in [2.24, 2.45) is 0 Å². The number of aromatic amines is 1. The summed E-state index contributed by atoms with van der Waals surface area (Å²) >= 11 is 0. The number of benzene rings is 2. The zero-order valence-corrected chi connectivity index (χ0v) is 18.5. The molecule has 0 aliphatic rings. The second-order valence-corrected chi connectivity index (χ2v) is 10.2. The molecular formula is C22H25N5O2S. The van der Waals surface area contributed by atoms with Crippen LogP contribution in [0.5, 0.6) is 0 Å². The maximum absolute atomic E-state index is 12.8. The van der Waals surface area contributed by atoms with E-state index < -0.39 is 10.0 Å². The Morgan fingerprint density at radius 2 is 1.67 bits per heavy atom. The third-order valence-corrected chi connectivity index (χ3v) is 6.56. The lowest BCUT2D eigenvalue weighted by Gasteiger charge is -2.15. The first-order valence-corrected chi connectivity index (χ1v) is 11.2. The number of nitrogens with zero attached hydrogens (tertiary/aromatic N) is 3. The van der Waals surface area contributed by atoms with Gasteiger partial charge in [-0.3, -0.25) is 9.82 Å². The quantitative estimate of drug-likeness (QED) is 0.508. The van der Waals surface area contributed by atoms with Crippen molar-refractivity contribution >= 4 is 21.4 Å². The van der Waals surface area contributed by atoms with Crippen molar-refractivity contribution in [1.29, 1.82) is 0 Å². The summed E-state index contributed by atoms with van der Waals surface area (Å²) in [5, 5.41) is 11.8. The fourth-order valence-electron chi connectivity index (χ4n) is 3.35. The molecular weight excluding hydrogens is 398 g/mol. The molecule has 2 N–H and O–H groups in total. The number of anilines is 1. The Kier molecular flexibility index (Phi) is 4.69. The number of hydrogen-bond donors (Lipinski definition) is 2. The smallest absolute Gasteiger partial charge is 0.262 e. The summed E-state index contributed by atoms with van der Waals surface area (Å²) in [6.45, 7) is 10.1. The minimum atomic E-state index is -3.66. The lowest BCUT2D eigenvalue weighted by molar-refractivity contribution is 0.563. The van der Waals surface area contributed by atoms with Gasteiger partial charge in [0.15, 0.2) is 11.5 Å². The topological polar surface area (TPSA) is 92.2 Å². The summed E-state index contributed by atoms with van der Waals surface area (Å²) in [5.41, 5.74) is 4.83. The second kappa shape index (κ2) is 6.98. The van der Waals surface area contributed by atoms with Gasteiger partial charge in [0, 0.05) is 28.4 Å². The van der Waals surface area contributed by atoms with E-state index >= 15 is 0 Å². The van der Waals surface area contributed by atoms with Crippen LogP contribution in [-0.2, 0) is 15.4 Å². The van der Waals surface area contributed by atoms with Crippen molar-refractivity contribution in [3.63, 3.8) is 0 Å². The molecule has 4 aromatic rings. The largest absolute Gasteiger partial charge is 0.294 e. The Morgan fingerprint density at radius 3 is 2.30 bits per heavy atom. The van der Waals surface area contributed by atoms with Gasteiger partial charge in [-0.2, -0.15) is 0 Å². The molecule has 0 atom stereocenters. The molecule has 30 heavy (non-hydrogen) atoms. The summed E-state index contributed by atoms with van der Waals surface area (Å²) in [5.74, 6) is 0.671. The highest BCUT2D eigenvalue weighted by Crippen LogP contribution is 2.26. The first kappa shape index (κ1) is 20.2. The summed E-state index contributed by atoms with van der Waals surface area (Å²) < 4.78 is 30.0. The molecule has 2 aromatic heterocycles. The standard InChI is InChI=1S/C22H25N5O2S/c1-14-6-11-18(15(2)12-14)30(28,29)26-17-9-7-16(8-10-17)21-24-23-20-13-19(22(3,4)5)25-27(20)21/h6-13,25-26H,1-5H3. The van der Waals surface area contributed by atoms with Crippen LogP contribution in [0.25, 0.3) is 17.0 Å². The molecule has 0 saturated heterocycles. The van der Waals surface area contributed by atoms with E-state index in [1.165, 1.54) is 0 Å². The molecule has 0 aliphatic heterocycles. The normalized spacial score (nSPS) is 12.4. The van der Waals surface area contributed by atoms with E-state index in [0.717, 1.165) is 22.5 Å². The van der Waals surface area contributed by atoms with Gasteiger partial charge in [0.1, 0.15) is 0 Å². The summed E-state index contributed by atoms with van der Waals surface area (Å²) in [6.07, 6.45) is 0. The van der Waals surface area contributed by atoms with Gasteiger partial charge in [-0.05, 0) is 49.7 Å². The maximum Gasteiger partial charge on any atom is 0.262 e. The van der Waals surface area contributed by atoms with Crippen molar-refractivity contribution in [2.75, 3.05) is 4.72 Å². The van der Waals surface area contributed by atoms with Crippen LogP contribution in [-0.4, -0.2) is 28.2 Å². The predicted octanol–water partition coefficient (Wildman–Crippen LogP) is 4.44. The van der Waals surface area contributed by atoms with Crippen LogP contribution in [0, 0.1) is 13.8 Å². The van der Waals surface area contributed by atoms with Crippen LogP contribution in [0.1, 0.15) is 37.6 Å². The average molecular weight is 424 g/mol. The number of hydrogen-bond acceptors (Lipinski definition) is 4. The van der Waals surface area contributed by atoms with Gasteiger partial charge in [0.05, 0.1) is 4.90 Å². The van der Waals surface area contributed by atoms with E-state index in [2.05, 4.69) is 40.8 Å². The Bertz CT molecular complexity index is 1330. The molecule has 4 rings (SSSR count). The first-order chi connectivity index (χ1) is 14.0. The zero-order chi connectivity index (χ0) is 21.7.